The Morgan fingerprint density at radius 3 is 2.53 bits per heavy atom. The van der Waals surface area contributed by atoms with Gasteiger partial charge in [-0.1, -0.05) is 0 Å². The number of aryl methyl sites for hydroxylation is 1. The lowest BCUT2D eigenvalue weighted by molar-refractivity contribution is 0.0475. The maximum atomic E-state index is 11.2. The van der Waals surface area contributed by atoms with E-state index in [4.69, 9.17) is 4.74 Å². The van der Waals surface area contributed by atoms with Crippen LogP contribution in [0.5, 0.6) is 5.88 Å². The van der Waals surface area contributed by atoms with E-state index in [0.29, 0.717) is 5.88 Å². The number of hydrogen-bond acceptors (Lipinski definition) is 4. The number of carbonyl (C=O) groups is 1. The van der Waals surface area contributed by atoms with E-state index in [-0.39, 0.29) is 18.2 Å². The van der Waals surface area contributed by atoms with Gasteiger partial charge in [0, 0.05) is 24.9 Å². The summed E-state index contributed by atoms with van der Waals surface area (Å²) in [5, 5.41) is 9.19. The van der Waals surface area contributed by atoms with Crippen molar-refractivity contribution < 1.29 is 14.6 Å². The molecule has 6 heteroatoms. The Morgan fingerprint density at radius 2 is 2.00 bits per heavy atom. The molecule has 1 unspecified atom stereocenters. The van der Waals surface area contributed by atoms with Gasteiger partial charge in [-0.25, -0.2) is 9.78 Å². The minimum absolute atomic E-state index is 0.0464. The molecule has 0 spiro atoms. The highest BCUT2D eigenvalue weighted by Gasteiger charge is 2.44. The second kappa shape index (κ2) is 4.68. The number of amides is 1. The third-order valence-electron chi connectivity index (χ3n) is 3.96. The number of hydrogen-bond donors (Lipinski definition) is 1. The summed E-state index contributed by atoms with van der Waals surface area (Å²) < 4.78 is 5.83. The van der Waals surface area contributed by atoms with E-state index in [1.165, 1.54) is 0 Å². The molecule has 2 aliphatic heterocycles. The lowest BCUT2D eigenvalue weighted by Crippen LogP contribution is -2.48. The van der Waals surface area contributed by atoms with Gasteiger partial charge in [0.2, 0.25) is 5.88 Å². The molecule has 0 aliphatic carbocycles. The van der Waals surface area contributed by atoms with Crippen LogP contribution in [-0.2, 0) is 0 Å². The zero-order chi connectivity index (χ0) is 13.4. The summed E-state index contributed by atoms with van der Waals surface area (Å²) >= 11 is 0. The van der Waals surface area contributed by atoms with Crippen molar-refractivity contribution in [2.45, 2.75) is 50.8 Å². The van der Waals surface area contributed by atoms with Crippen molar-refractivity contribution in [1.29, 1.82) is 0 Å². The molecule has 2 bridgehead atoms. The van der Waals surface area contributed by atoms with Crippen LogP contribution in [0.2, 0.25) is 0 Å². The number of rotatable bonds is 2. The van der Waals surface area contributed by atoms with E-state index >= 15 is 0 Å². The number of piperidine rings is 1. The topological polar surface area (TPSA) is 75.5 Å². The molecule has 0 aromatic carbocycles. The quantitative estimate of drug-likeness (QED) is 0.881. The molecular weight excluding hydrogens is 246 g/mol. The first-order chi connectivity index (χ1) is 9.13. The normalized spacial score (nSPS) is 29.3. The first-order valence-electron chi connectivity index (χ1n) is 6.60. The van der Waals surface area contributed by atoms with Crippen molar-refractivity contribution in [2.75, 3.05) is 0 Å². The summed E-state index contributed by atoms with van der Waals surface area (Å²) in [7, 11) is 0. The highest BCUT2D eigenvalue weighted by molar-refractivity contribution is 5.66. The van der Waals surface area contributed by atoms with Gasteiger partial charge in [-0.2, -0.15) is 0 Å². The molecule has 1 aromatic rings. The predicted octanol–water partition coefficient (Wildman–Crippen LogP) is 1.84. The van der Waals surface area contributed by atoms with Gasteiger partial charge in [-0.15, -0.1) is 0 Å². The number of aromatic nitrogens is 2. The van der Waals surface area contributed by atoms with Gasteiger partial charge in [0.25, 0.3) is 0 Å². The van der Waals surface area contributed by atoms with E-state index in [2.05, 4.69) is 9.97 Å². The van der Waals surface area contributed by atoms with Crippen molar-refractivity contribution in [2.24, 2.45) is 0 Å². The fourth-order valence-corrected chi connectivity index (χ4v) is 3.15. The Morgan fingerprint density at radius 1 is 1.32 bits per heavy atom. The highest BCUT2D eigenvalue weighted by atomic mass is 16.5. The van der Waals surface area contributed by atoms with Crippen LogP contribution in [-0.4, -0.2) is 44.3 Å². The van der Waals surface area contributed by atoms with Crippen molar-refractivity contribution in [3.8, 4) is 5.88 Å². The van der Waals surface area contributed by atoms with Gasteiger partial charge >= 0.3 is 6.09 Å². The Balaban J connectivity index is 1.66. The summed E-state index contributed by atoms with van der Waals surface area (Å²) in [5.74, 6) is 0.527. The molecule has 1 aromatic heterocycles. The molecule has 0 radical (unpaired) electrons. The van der Waals surface area contributed by atoms with Crippen molar-refractivity contribution in [3.63, 3.8) is 0 Å². The molecule has 3 atom stereocenters. The Labute approximate surface area is 111 Å². The third-order valence-corrected chi connectivity index (χ3v) is 3.96. The second-order valence-electron chi connectivity index (χ2n) is 5.28. The maximum absolute atomic E-state index is 11.2. The average Bonchev–Trinajstić information content (AvgIpc) is 2.65. The fraction of sp³-hybridized carbons (Fsp3) is 0.615. The van der Waals surface area contributed by atoms with Gasteiger partial charge in [-0.05, 0) is 19.8 Å². The third kappa shape index (κ3) is 2.34. The van der Waals surface area contributed by atoms with E-state index in [1.54, 1.807) is 17.3 Å². The summed E-state index contributed by atoms with van der Waals surface area (Å²) in [6.45, 7) is 1.88. The molecule has 2 fully saturated rings. The fourth-order valence-electron chi connectivity index (χ4n) is 3.15. The van der Waals surface area contributed by atoms with Gasteiger partial charge in [0.15, 0.2) is 0 Å². The first-order valence-corrected chi connectivity index (χ1v) is 6.60. The SMILES string of the molecule is Cc1cnc(OC2C[C@H]3CC[C@@H](C2)N3C(=O)O)cn1. The van der Waals surface area contributed by atoms with Crippen molar-refractivity contribution in [1.82, 2.24) is 14.9 Å². The Hall–Kier alpha value is -1.85. The molecule has 19 heavy (non-hydrogen) atoms. The monoisotopic (exact) mass is 263 g/mol. The molecule has 1 N–H and O–H groups in total. The van der Waals surface area contributed by atoms with Crippen LogP contribution in [0.25, 0.3) is 0 Å². The van der Waals surface area contributed by atoms with Crippen LogP contribution in [0.4, 0.5) is 4.79 Å². The molecular formula is C13H17N3O3. The van der Waals surface area contributed by atoms with Crippen LogP contribution >= 0.6 is 0 Å². The number of carboxylic acid groups (broad SMARTS) is 1. The highest BCUT2D eigenvalue weighted by Crippen LogP contribution is 2.36. The number of ether oxygens (including phenoxy) is 1. The molecule has 3 rings (SSSR count). The van der Waals surface area contributed by atoms with Crippen molar-refractivity contribution >= 4 is 6.09 Å². The lowest BCUT2D eigenvalue weighted by atomic mass is 10.0. The van der Waals surface area contributed by atoms with E-state index < -0.39 is 6.09 Å². The zero-order valence-electron chi connectivity index (χ0n) is 10.8. The van der Waals surface area contributed by atoms with E-state index in [0.717, 1.165) is 31.4 Å². The first kappa shape index (κ1) is 12.2. The Kier molecular flexibility index (Phi) is 3.00. The smallest absolute Gasteiger partial charge is 0.407 e. The number of fused-ring (bicyclic) bond motifs is 2. The maximum Gasteiger partial charge on any atom is 0.407 e. The van der Waals surface area contributed by atoms with Crippen LogP contribution in [0.1, 0.15) is 31.4 Å². The number of nitrogens with zero attached hydrogens (tertiary/aromatic N) is 3. The van der Waals surface area contributed by atoms with Gasteiger partial charge < -0.3 is 14.7 Å². The molecule has 102 valence electrons. The van der Waals surface area contributed by atoms with Crippen LogP contribution in [0.3, 0.4) is 0 Å². The Bertz CT molecular complexity index is 463. The minimum Gasteiger partial charge on any atom is -0.473 e. The second-order valence-corrected chi connectivity index (χ2v) is 5.28. The van der Waals surface area contributed by atoms with Gasteiger partial charge in [-0.3, -0.25) is 4.98 Å². The largest absolute Gasteiger partial charge is 0.473 e. The van der Waals surface area contributed by atoms with Crippen LogP contribution in [0.15, 0.2) is 12.4 Å². The van der Waals surface area contributed by atoms with Crippen molar-refractivity contribution in [3.05, 3.63) is 18.1 Å². The zero-order valence-corrected chi connectivity index (χ0v) is 10.8. The summed E-state index contributed by atoms with van der Waals surface area (Å²) in [6.07, 6.45) is 5.92. The summed E-state index contributed by atoms with van der Waals surface area (Å²) in [4.78, 5) is 21.1. The predicted molar refractivity (Wildman–Crippen MR) is 67.1 cm³/mol. The summed E-state index contributed by atoms with van der Waals surface area (Å²) in [6, 6.07) is 0.194. The molecule has 3 heterocycles. The van der Waals surface area contributed by atoms with Gasteiger partial charge in [0.05, 0.1) is 18.1 Å². The molecule has 1 amide bonds. The minimum atomic E-state index is -0.805. The van der Waals surface area contributed by atoms with E-state index in [9.17, 15) is 9.90 Å². The molecule has 0 saturated carbocycles. The van der Waals surface area contributed by atoms with Crippen LogP contribution < -0.4 is 4.74 Å². The molecule has 6 nitrogen and oxygen atoms in total. The van der Waals surface area contributed by atoms with E-state index in [1.807, 2.05) is 6.92 Å². The average molecular weight is 263 g/mol. The lowest BCUT2D eigenvalue weighted by Gasteiger charge is -2.36. The van der Waals surface area contributed by atoms with Gasteiger partial charge in [0.1, 0.15) is 6.10 Å². The summed E-state index contributed by atoms with van der Waals surface area (Å²) in [5.41, 5.74) is 0.855. The van der Waals surface area contributed by atoms with Crippen LogP contribution in [0, 0.1) is 6.92 Å². The standard InChI is InChI=1S/C13H17N3O3/c1-8-6-15-12(7-14-8)19-11-4-9-2-3-10(5-11)16(9)13(17)18/h6-7,9-11H,2-5H2,1H3,(H,17,18)/t9-,10+,11?. The molecule has 2 aliphatic rings. The molecule has 2 saturated heterocycles.